The summed E-state index contributed by atoms with van der Waals surface area (Å²) >= 11 is 0. The summed E-state index contributed by atoms with van der Waals surface area (Å²) in [5, 5.41) is 20.1. The zero-order valence-electron chi connectivity index (χ0n) is 22.8. The predicted octanol–water partition coefficient (Wildman–Crippen LogP) is 3.70. The number of aryl methyl sites for hydroxylation is 1. The van der Waals surface area contributed by atoms with E-state index < -0.39 is 5.82 Å². The van der Waals surface area contributed by atoms with E-state index in [0.717, 1.165) is 29.6 Å². The summed E-state index contributed by atoms with van der Waals surface area (Å²) in [6, 6.07) is 8.36. The Balaban J connectivity index is 1.43. The van der Waals surface area contributed by atoms with E-state index in [4.69, 9.17) is 20.7 Å². The highest BCUT2D eigenvalue weighted by molar-refractivity contribution is 5.73. The fourth-order valence-electron chi connectivity index (χ4n) is 5.70. The average Bonchev–Trinajstić information content (AvgIpc) is 3.31. The molecule has 0 spiro atoms. The number of anilines is 2. The largest absolute Gasteiger partial charge is 0.491 e. The van der Waals surface area contributed by atoms with Crippen LogP contribution in [0.5, 0.6) is 5.75 Å². The van der Waals surface area contributed by atoms with Gasteiger partial charge in [0.2, 0.25) is 11.9 Å². The van der Waals surface area contributed by atoms with Crippen LogP contribution in [-0.2, 0) is 4.79 Å². The lowest BCUT2D eigenvalue weighted by Crippen LogP contribution is -2.54. The van der Waals surface area contributed by atoms with E-state index in [2.05, 4.69) is 27.5 Å². The Labute approximate surface area is 231 Å². The second-order valence-corrected chi connectivity index (χ2v) is 10.4. The molecule has 0 aliphatic heterocycles. The third-order valence-corrected chi connectivity index (χ3v) is 7.46. The first-order chi connectivity index (χ1) is 19.2. The van der Waals surface area contributed by atoms with Crippen LogP contribution in [0.2, 0.25) is 0 Å². The fourth-order valence-corrected chi connectivity index (χ4v) is 5.70. The molecule has 1 saturated carbocycles. The van der Waals surface area contributed by atoms with Gasteiger partial charge in [-0.15, -0.1) is 0 Å². The molecule has 5 rings (SSSR count). The number of ether oxygens (including phenoxy) is 1. The van der Waals surface area contributed by atoms with Crippen LogP contribution in [0.4, 0.5) is 16.0 Å². The number of aliphatic hydroxyl groups is 1. The number of fused-ring (bicyclic) bond motifs is 1. The van der Waals surface area contributed by atoms with Crippen LogP contribution in [0.3, 0.4) is 0 Å². The summed E-state index contributed by atoms with van der Waals surface area (Å²) in [5.41, 5.74) is 10.6. The van der Waals surface area contributed by atoms with Gasteiger partial charge in [0.05, 0.1) is 35.9 Å². The SMILES string of the molecule is CC(=O)NC1C(C)CC(c2ccncc2Nc2ncc3ccc(-c4c(C)cc(OCCO)cc4F)nn23)CC1N. The smallest absolute Gasteiger partial charge is 0.229 e. The van der Waals surface area contributed by atoms with Crippen molar-refractivity contribution in [3.8, 4) is 17.0 Å². The van der Waals surface area contributed by atoms with Crippen molar-refractivity contribution in [3.63, 3.8) is 0 Å². The summed E-state index contributed by atoms with van der Waals surface area (Å²) < 4.78 is 22.2. The van der Waals surface area contributed by atoms with Crippen LogP contribution in [0.15, 0.2) is 48.9 Å². The molecule has 0 bridgehead atoms. The quantitative estimate of drug-likeness (QED) is 0.262. The van der Waals surface area contributed by atoms with Gasteiger partial charge >= 0.3 is 0 Å². The summed E-state index contributed by atoms with van der Waals surface area (Å²) in [6.45, 7) is 5.35. The molecule has 1 aliphatic rings. The summed E-state index contributed by atoms with van der Waals surface area (Å²) in [7, 11) is 0. The highest BCUT2D eigenvalue weighted by atomic mass is 19.1. The second kappa shape index (κ2) is 11.6. The molecule has 40 heavy (non-hydrogen) atoms. The molecule has 3 heterocycles. The topological polar surface area (TPSA) is 140 Å². The Bertz CT molecular complexity index is 1490. The summed E-state index contributed by atoms with van der Waals surface area (Å²) in [5.74, 6) is 0.645. The van der Waals surface area contributed by atoms with Crippen LogP contribution in [-0.4, -0.2) is 55.9 Å². The Kier molecular flexibility index (Phi) is 7.95. The molecule has 10 nitrogen and oxygen atoms in total. The monoisotopic (exact) mass is 547 g/mol. The van der Waals surface area contributed by atoms with Gasteiger partial charge in [-0.25, -0.2) is 9.37 Å². The van der Waals surface area contributed by atoms with E-state index in [1.807, 2.05) is 12.1 Å². The molecule has 4 atom stereocenters. The zero-order valence-corrected chi connectivity index (χ0v) is 22.8. The number of rotatable bonds is 8. The molecule has 0 saturated heterocycles. The number of halogens is 1. The third-order valence-electron chi connectivity index (χ3n) is 7.46. The molecule has 1 aliphatic carbocycles. The van der Waals surface area contributed by atoms with Gasteiger partial charge in [0, 0.05) is 36.8 Å². The maximum atomic E-state index is 15.2. The van der Waals surface area contributed by atoms with Crippen LogP contribution >= 0.6 is 0 Å². The minimum absolute atomic E-state index is 0.0648. The van der Waals surface area contributed by atoms with E-state index in [9.17, 15) is 4.79 Å². The molecule has 11 heteroatoms. The fraction of sp³-hybridized carbons (Fsp3) is 0.379. The number of aromatic nitrogens is 4. The van der Waals surface area contributed by atoms with E-state index >= 15 is 4.39 Å². The lowest BCUT2D eigenvalue weighted by Gasteiger charge is -2.39. The Morgan fingerprint density at radius 1 is 1.25 bits per heavy atom. The lowest BCUT2D eigenvalue weighted by atomic mass is 9.73. The second-order valence-electron chi connectivity index (χ2n) is 10.4. The highest BCUT2D eigenvalue weighted by Crippen LogP contribution is 2.39. The van der Waals surface area contributed by atoms with E-state index in [0.29, 0.717) is 28.5 Å². The highest BCUT2D eigenvalue weighted by Gasteiger charge is 2.35. The number of imidazole rings is 1. The van der Waals surface area contributed by atoms with Gasteiger partial charge < -0.3 is 26.2 Å². The third kappa shape index (κ3) is 5.61. The molecular weight excluding hydrogens is 513 g/mol. The molecule has 1 aromatic carbocycles. The number of amides is 1. The first-order valence-electron chi connectivity index (χ1n) is 13.4. The molecule has 0 radical (unpaired) electrons. The first-order valence-corrected chi connectivity index (χ1v) is 13.4. The molecule has 3 aromatic heterocycles. The molecule has 5 N–H and O–H groups in total. The van der Waals surface area contributed by atoms with Crippen molar-refractivity contribution in [2.45, 2.75) is 51.6 Å². The molecule has 4 aromatic rings. The predicted molar refractivity (Wildman–Crippen MR) is 150 cm³/mol. The van der Waals surface area contributed by atoms with Crippen LogP contribution in [0.1, 0.15) is 43.7 Å². The van der Waals surface area contributed by atoms with Crippen molar-refractivity contribution in [1.29, 1.82) is 0 Å². The number of carbonyl (C=O) groups is 1. The van der Waals surface area contributed by atoms with E-state index in [-0.39, 0.29) is 43.0 Å². The summed E-state index contributed by atoms with van der Waals surface area (Å²) in [4.78, 5) is 20.5. The van der Waals surface area contributed by atoms with Gasteiger partial charge in [-0.1, -0.05) is 6.92 Å². The maximum absolute atomic E-state index is 15.2. The van der Waals surface area contributed by atoms with E-state index in [1.165, 1.54) is 13.0 Å². The Morgan fingerprint density at radius 3 is 2.80 bits per heavy atom. The molecule has 210 valence electrons. The van der Waals surface area contributed by atoms with Gasteiger partial charge in [0.25, 0.3) is 0 Å². The molecule has 1 amide bonds. The first kappa shape index (κ1) is 27.5. The maximum Gasteiger partial charge on any atom is 0.229 e. The minimum atomic E-state index is -0.468. The van der Waals surface area contributed by atoms with Crippen molar-refractivity contribution in [1.82, 2.24) is 24.9 Å². The number of benzene rings is 1. The van der Waals surface area contributed by atoms with Crippen LogP contribution in [0.25, 0.3) is 16.8 Å². The van der Waals surface area contributed by atoms with Gasteiger partial charge in [0.1, 0.15) is 18.2 Å². The molecular formula is C29H34FN7O3. The number of nitrogens with zero attached hydrogens (tertiary/aromatic N) is 4. The van der Waals surface area contributed by atoms with Gasteiger partial charge in [0.15, 0.2) is 0 Å². The van der Waals surface area contributed by atoms with Crippen LogP contribution < -0.4 is 21.1 Å². The lowest BCUT2D eigenvalue weighted by molar-refractivity contribution is -0.120. The molecule has 1 fully saturated rings. The number of pyridine rings is 1. The van der Waals surface area contributed by atoms with E-state index in [1.54, 1.807) is 42.2 Å². The van der Waals surface area contributed by atoms with Gasteiger partial charge in [-0.2, -0.15) is 9.61 Å². The average molecular weight is 548 g/mol. The van der Waals surface area contributed by atoms with Crippen molar-refractivity contribution in [3.05, 3.63) is 65.9 Å². The number of hydrogen-bond acceptors (Lipinski definition) is 8. The number of carbonyl (C=O) groups excluding carboxylic acids is 1. The van der Waals surface area contributed by atoms with Crippen molar-refractivity contribution in [2.24, 2.45) is 11.7 Å². The Morgan fingerprint density at radius 2 is 2.08 bits per heavy atom. The number of nitrogens with one attached hydrogen (secondary N) is 2. The van der Waals surface area contributed by atoms with Crippen LogP contribution in [0, 0.1) is 18.7 Å². The van der Waals surface area contributed by atoms with Gasteiger partial charge in [-0.05, 0) is 67.0 Å². The van der Waals surface area contributed by atoms with Crippen molar-refractivity contribution in [2.75, 3.05) is 18.5 Å². The van der Waals surface area contributed by atoms with Crippen molar-refractivity contribution < 1.29 is 19.0 Å². The number of hydrogen-bond donors (Lipinski definition) is 4. The Hall–Kier alpha value is -4.09. The number of nitrogens with two attached hydrogens (primary N) is 1. The number of aliphatic hydroxyl groups excluding tert-OH is 1. The minimum Gasteiger partial charge on any atom is -0.491 e. The molecule has 4 unspecified atom stereocenters. The van der Waals surface area contributed by atoms with Gasteiger partial charge in [-0.3, -0.25) is 9.78 Å². The zero-order chi connectivity index (χ0) is 28.4. The van der Waals surface area contributed by atoms with Crippen molar-refractivity contribution >= 4 is 23.1 Å². The normalized spacial score (nSPS) is 20.9. The summed E-state index contributed by atoms with van der Waals surface area (Å²) in [6.07, 6.45) is 6.79. The standard InChI is InChI=1S/C29H34FN7O3/c1-16-11-21(40-9-8-38)13-23(30)27(16)25-5-4-20-14-33-29(37(20)36-25)35-26-15-32-7-6-22(26)19-10-17(2)28(24(31)12-19)34-18(3)39/h4-7,11,13-15,17,19,24,28,38H,8-10,12,31H2,1-3H3,(H,33,35)(H,34,39).